The highest BCUT2D eigenvalue weighted by molar-refractivity contribution is 6.71. The van der Waals surface area contributed by atoms with Crippen LogP contribution in [0.25, 0.3) is 0 Å². The average Bonchev–Trinajstić information content (AvgIpc) is 3.69. The van der Waals surface area contributed by atoms with E-state index in [-0.39, 0.29) is 43.3 Å². The van der Waals surface area contributed by atoms with Crippen LogP contribution < -0.4 is 9.80 Å². The number of halogens is 1. The van der Waals surface area contributed by atoms with E-state index >= 15 is 0 Å². The maximum atomic E-state index is 14.8. The van der Waals surface area contributed by atoms with Crippen LogP contribution >= 0.6 is 11.6 Å². The minimum Gasteiger partial charge on any atom is -0.432 e. The van der Waals surface area contributed by atoms with Gasteiger partial charge in [0.05, 0.1) is 37.4 Å². The van der Waals surface area contributed by atoms with Gasteiger partial charge in [-0.25, -0.2) is 0 Å². The number of nitrogens with zero attached hydrogens (tertiary/aromatic N) is 3. The smallest absolute Gasteiger partial charge is 0.264 e. The van der Waals surface area contributed by atoms with Crippen LogP contribution in [-0.4, -0.2) is 66.1 Å². The molecular weight excluding hydrogens is 646 g/mol. The Hall–Kier alpha value is -3.54. The second kappa shape index (κ2) is 12.4. The van der Waals surface area contributed by atoms with Gasteiger partial charge in [0.25, 0.3) is 5.91 Å². The molecule has 5 atom stereocenters. The minimum absolute atomic E-state index is 0.0263. The van der Waals surface area contributed by atoms with Crippen LogP contribution in [0.3, 0.4) is 0 Å². The molecule has 3 aromatic carbocycles. The number of hydrogen-bond acceptors (Lipinski definition) is 6. The number of carbonyl (C=O) groups excluding carboxylic acids is 3. The van der Waals surface area contributed by atoms with Gasteiger partial charge in [-0.1, -0.05) is 54.9 Å². The monoisotopic (exact) mass is 687 g/mol. The number of fused-ring (bicyclic) bond motifs is 3. The highest BCUT2D eigenvalue weighted by Crippen LogP contribution is 2.60. The molecule has 3 aromatic rings. The number of amides is 3. The molecule has 2 fully saturated rings. The molecule has 1 spiro atoms. The van der Waals surface area contributed by atoms with Crippen molar-refractivity contribution in [2.75, 3.05) is 23.0 Å². The summed E-state index contributed by atoms with van der Waals surface area (Å²) in [5, 5.41) is 10.7. The van der Waals surface area contributed by atoms with Gasteiger partial charge in [-0.05, 0) is 73.0 Å². The van der Waals surface area contributed by atoms with E-state index in [0.29, 0.717) is 42.2 Å². The zero-order chi connectivity index (χ0) is 34.0. The molecule has 252 valence electrons. The highest BCUT2D eigenvalue weighted by atomic mass is 35.5. The Bertz CT molecular complexity index is 1780. The molecule has 9 nitrogen and oxygen atoms in total. The number of hydrogen-bond donors (Lipinski definition) is 2. The number of benzene rings is 3. The number of aliphatic hydroxyl groups excluding tert-OH is 1. The van der Waals surface area contributed by atoms with Crippen molar-refractivity contribution in [3.63, 3.8) is 0 Å². The Morgan fingerprint density at radius 2 is 1.83 bits per heavy atom. The van der Waals surface area contributed by atoms with Crippen LogP contribution in [0.5, 0.6) is 0 Å². The third kappa shape index (κ3) is 5.47. The largest absolute Gasteiger partial charge is 0.432 e. The Morgan fingerprint density at radius 3 is 2.54 bits per heavy atom. The lowest BCUT2D eigenvalue weighted by molar-refractivity contribution is -0.151. The van der Waals surface area contributed by atoms with Crippen molar-refractivity contribution < 1.29 is 29.0 Å². The van der Waals surface area contributed by atoms with Crippen molar-refractivity contribution in [3.8, 4) is 0 Å². The first-order valence-corrected chi connectivity index (χ1v) is 20.2. The summed E-state index contributed by atoms with van der Waals surface area (Å²) in [5.74, 6) is -0.796. The molecule has 4 aliphatic heterocycles. The van der Waals surface area contributed by atoms with E-state index in [9.17, 15) is 24.3 Å². The molecule has 4 aliphatic rings. The van der Waals surface area contributed by atoms with Crippen molar-refractivity contribution >= 4 is 49.0 Å². The summed E-state index contributed by atoms with van der Waals surface area (Å²) in [7, 11) is -3.02. The van der Waals surface area contributed by atoms with Crippen molar-refractivity contribution in [3.05, 3.63) is 94.0 Å². The van der Waals surface area contributed by atoms with Crippen LogP contribution in [0.1, 0.15) is 48.4 Å². The molecule has 11 heteroatoms. The van der Waals surface area contributed by atoms with Crippen LogP contribution in [0.15, 0.2) is 66.7 Å². The Kier molecular flexibility index (Phi) is 8.52. The Labute approximate surface area is 287 Å². The van der Waals surface area contributed by atoms with Crippen LogP contribution in [0.2, 0.25) is 23.7 Å². The summed E-state index contributed by atoms with van der Waals surface area (Å²) in [6.45, 7) is 6.76. The molecule has 3 amide bonds. The summed E-state index contributed by atoms with van der Waals surface area (Å²) in [6, 6.07) is 20.7. The lowest BCUT2D eigenvalue weighted by Crippen LogP contribution is -2.48. The van der Waals surface area contributed by atoms with E-state index in [2.05, 4.69) is 0 Å². The molecule has 0 saturated carbocycles. The standard InChI is InChI=1S/C37H42ClN3O6Si/c1-23-35(48(2,3)46)32(19-34(44)40-21-26-10-5-4-9-25(26)17-29(40)22-42)47-37(23)30-18-27(38)13-14-31(30)41(36(37)45)20-24-8-6-11-28(16-24)39-15-7-12-33(39)43/h4-6,8-11,13-14,16,18,23,29,32,35,42,46H,7,12,15,17,19-22H2,1-3H3/t23-,29+,32+,35-,37+/m1/s1. The second-order valence-corrected chi connectivity index (χ2v) is 18.7. The predicted molar refractivity (Wildman–Crippen MR) is 186 cm³/mol. The predicted octanol–water partition coefficient (Wildman–Crippen LogP) is 5.15. The van der Waals surface area contributed by atoms with Gasteiger partial charge < -0.3 is 29.3 Å². The van der Waals surface area contributed by atoms with E-state index in [1.54, 1.807) is 26.8 Å². The summed E-state index contributed by atoms with van der Waals surface area (Å²) in [6.07, 6.45) is 1.15. The van der Waals surface area contributed by atoms with Gasteiger partial charge in [-0.2, -0.15) is 0 Å². The first-order valence-electron chi connectivity index (χ1n) is 16.8. The summed E-state index contributed by atoms with van der Waals surface area (Å²) >= 11 is 6.57. The molecule has 48 heavy (non-hydrogen) atoms. The second-order valence-electron chi connectivity index (χ2n) is 14.3. The lowest BCUT2D eigenvalue weighted by atomic mass is 9.82. The fourth-order valence-corrected chi connectivity index (χ4v) is 11.4. The molecule has 7 rings (SSSR count). The van der Waals surface area contributed by atoms with Gasteiger partial charge >= 0.3 is 0 Å². The highest BCUT2D eigenvalue weighted by Gasteiger charge is 2.66. The number of carbonyl (C=O) groups is 3. The zero-order valence-electron chi connectivity index (χ0n) is 27.6. The zero-order valence-corrected chi connectivity index (χ0v) is 29.3. The molecule has 0 aromatic heterocycles. The average molecular weight is 688 g/mol. The van der Waals surface area contributed by atoms with Crippen LogP contribution in [0.4, 0.5) is 11.4 Å². The van der Waals surface area contributed by atoms with E-state index < -0.39 is 31.5 Å². The maximum absolute atomic E-state index is 14.8. The SMILES string of the molecule is C[C@@H]1[C@@H]([Si](C)(C)O)[C@H](CC(=O)N2Cc3ccccc3C[C@H]2CO)O[C@@]12C(=O)N(Cc1cccc(N3CCCC3=O)c1)c1ccc(Cl)cc12. The molecule has 0 aliphatic carbocycles. The number of aliphatic hydroxyl groups is 1. The first-order chi connectivity index (χ1) is 22.9. The fraction of sp³-hybridized carbons (Fsp3) is 0.432. The molecular formula is C37H42ClN3O6Si. The van der Waals surface area contributed by atoms with E-state index in [4.69, 9.17) is 16.3 Å². The molecule has 2 saturated heterocycles. The van der Waals surface area contributed by atoms with Gasteiger partial charge in [0.2, 0.25) is 11.8 Å². The van der Waals surface area contributed by atoms with E-state index in [1.165, 1.54) is 0 Å². The first kappa shape index (κ1) is 33.0. The van der Waals surface area contributed by atoms with E-state index in [0.717, 1.165) is 28.8 Å². The fourth-order valence-electron chi connectivity index (χ4n) is 8.66. The Morgan fingerprint density at radius 1 is 1.06 bits per heavy atom. The molecule has 2 N–H and O–H groups in total. The summed E-state index contributed by atoms with van der Waals surface area (Å²) in [4.78, 5) is 58.3. The topological polar surface area (TPSA) is 111 Å². The number of rotatable bonds is 7. The quantitative estimate of drug-likeness (QED) is 0.333. The normalized spacial score (nSPS) is 26.8. The minimum atomic E-state index is -3.02. The van der Waals surface area contributed by atoms with Gasteiger partial charge in [0.15, 0.2) is 13.9 Å². The Balaban J connectivity index is 1.22. The molecule has 0 unspecified atom stereocenters. The van der Waals surface area contributed by atoms with Crippen molar-refractivity contribution in [1.82, 2.24) is 4.90 Å². The van der Waals surface area contributed by atoms with Crippen LogP contribution in [-0.2, 0) is 44.2 Å². The van der Waals surface area contributed by atoms with Crippen molar-refractivity contribution in [2.24, 2.45) is 5.92 Å². The lowest BCUT2D eigenvalue weighted by Gasteiger charge is -2.37. The molecule has 0 radical (unpaired) electrons. The van der Waals surface area contributed by atoms with Crippen molar-refractivity contribution in [2.45, 2.75) is 82.1 Å². The van der Waals surface area contributed by atoms with Gasteiger partial charge in [0.1, 0.15) is 0 Å². The number of anilines is 2. The third-order valence-electron chi connectivity index (χ3n) is 10.8. The summed E-state index contributed by atoms with van der Waals surface area (Å²) in [5.41, 5.74) is 3.27. The van der Waals surface area contributed by atoms with Crippen molar-refractivity contribution in [1.29, 1.82) is 0 Å². The van der Waals surface area contributed by atoms with Gasteiger partial charge in [-0.3, -0.25) is 14.4 Å². The number of ether oxygens (including phenoxy) is 1. The molecule has 0 bridgehead atoms. The van der Waals surface area contributed by atoms with Crippen LogP contribution in [0, 0.1) is 5.92 Å². The third-order valence-corrected chi connectivity index (χ3v) is 13.6. The van der Waals surface area contributed by atoms with Gasteiger partial charge in [0, 0.05) is 47.2 Å². The maximum Gasteiger partial charge on any atom is 0.264 e. The van der Waals surface area contributed by atoms with E-state index in [1.807, 2.05) is 74.6 Å². The molecule has 4 heterocycles. The summed E-state index contributed by atoms with van der Waals surface area (Å²) < 4.78 is 6.90. The van der Waals surface area contributed by atoms with Gasteiger partial charge in [-0.15, -0.1) is 0 Å².